The summed E-state index contributed by atoms with van der Waals surface area (Å²) in [5.41, 5.74) is -0.155. The van der Waals surface area contributed by atoms with Crippen molar-refractivity contribution in [1.29, 1.82) is 0 Å². The molecule has 0 bridgehead atoms. The lowest BCUT2D eigenvalue weighted by atomic mass is 9.93. The van der Waals surface area contributed by atoms with Crippen molar-refractivity contribution in [3.63, 3.8) is 0 Å². The molecule has 0 aromatic heterocycles. The van der Waals surface area contributed by atoms with E-state index in [1.165, 1.54) is 6.07 Å². The van der Waals surface area contributed by atoms with Gasteiger partial charge in [0.25, 0.3) is 0 Å². The van der Waals surface area contributed by atoms with Gasteiger partial charge in [-0.15, -0.1) is 0 Å². The second-order valence-electron chi connectivity index (χ2n) is 5.94. The van der Waals surface area contributed by atoms with E-state index in [0.717, 1.165) is 12.8 Å². The third-order valence-electron chi connectivity index (χ3n) is 4.36. The minimum atomic E-state index is -0.665. The summed E-state index contributed by atoms with van der Waals surface area (Å²) in [4.78, 5) is 12.5. The Morgan fingerprint density at radius 2 is 2.10 bits per heavy atom. The van der Waals surface area contributed by atoms with Crippen LogP contribution in [-0.2, 0) is 10.2 Å². The van der Waals surface area contributed by atoms with Crippen molar-refractivity contribution in [3.8, 4) is 0 Å². The second-order valence-corrected chi connectivity index (χ2v) is 5.94. The first-order chi connectivity index (χ1) is 10.1. The van der Waals surface area contributed by atoms with Crippen molar-refractivity contribution in [2.24, 2.45) is 5.92 Å². The molecule has 0 radical (unpaired) electrons. The quantitative estimate of drug-likeness (QED) is 0.774. The molecule has 116 valence electrons. The Labute approximate surface area is 125 Å². The first-order valence-corrected chi connectivity index (χ1v) is 7.78. The Bertz CT molecular complexity index is 479. The van der Waals surface area contributed by atoms with E-state index in [2.05, 4.69) is 12.2 Å². The van der Waals surface area contributed by atoms with Crippen molar-refractivity contribution in [1.82, 2.24) is 5.32 Å². The van der Waals surface area contributed by atoms with Gasteiger partial charge in [-0.3, -0.25) is 4.79 Å². The Hall–Kier alpha value is -1.42. The van der Waals surface area contributed by atoms with Crippen LogP contribution >= 0.6 is 0 Å². The van der Waals surface area contributed by atoms with E-state index in [4.69, 9.17) is 5.11 Å². The standard InChI is InChI=1S/C17H24FNO2/c1-2-5-13(8-11-20)12-19-16(21)17(9-10-17)14-6-3-4-7-15(14)18/h3-4,6-7,13,20H,2,5,8-12H2,1H3,(H,19,21). The summed E-state index contributed by atoms with van der Waals surface area (Å²) < 4.78 is 13.9. The van der Waals surface area contributed by atoms with Gasteiger partial charge in [0.15, 0.2) is 0 Å². The molecule has 1 aromatic rings. The van der Waals surface area contributed by atoms with E-state index in [1.807, 2.05) is 0 Å². The van der Waals surface area contributed by atoms with Crippen LogP contribution in [0.4, 0.5) is 4.39 Å². The maximum Gasteiger partial charge on any atom is 0.230 e. The molecule has 0 heterocycles. The van der Waals surface area contributed by atoms with Crippen molar-refractivity contribution in [2.45, 2.75) is 44.4 Å². The Morgan fingerprint density at radius 1 is 1.38 bits per heavy atom. The molecular formula is C17H24FNO2. The molecule has 0 spiro atoms. The molecule has 1 aliphatic rings. The number of hydrogen-bond acceptors (Lipinski definition) is 2. The van der Waals surface area contributed by atoms with Gasteiger partial charge in [-0.25, -0.2) is 4.39 Å². The van der Waals surface area contributed by atoms with Crippen molar-refractivity contribution in [3.05, 3.63) is 35.6 Å². The summed E-state index contributed by atoms with van der Waals surface area (Å²) >= 11 is 0. The lowest BCUT2D eigenvalue weighted by Crippen LogP contribution is -2.38. The van der Waals surface area contributed by atoms with E-state index >= 15 is 0 Å². The van der Waals surface area contributed by atoms with Gasteiger partial charge in [0, 0.05) is 18.7 Å². The molecule has 1 fully saturated rings. The zero-order valence-electron chi connectivity index (χ0n) is 12.6. The molecular weight excluding hydrogens is 269 g/mol. The normalized spacial score (nSPS) is 17.3. The van der Waals surface area contributed by atoms with E-state index in [9.17, 15) is 9.18 Å². The fraction of sp³-hybridized carbons (Fsp3) is 0.588. The van der Waals surface area contributed by atoms with Crippen LogP contribution in [0.5, 0.6) is 0 Å². The molecule has 1 aliphatic carbocycles. The highest BCUT2D eigenvalue weighted by molar-refractivity contribution is 5.91. The van der Waals surface area contributed by atoms with Gasteiger partial charge in [0.1, 0.15) is 5.82 Å². The number of nitrogens with one attached hydrogen (secondary N) is 1. The molecule has 1 saturated carbocycles. The molecule has 0 saturated heterocycles. The van der Waals surface area contributed by atoms with E-state index in [1.54, 1.807) is 18.2 Å². The summed E-state index contributed by atoms with van der Waals surface area (Å²) in [6, 6.07) is 6.54. The van der Waals surface area contributed by atoms with Gasteiger partial charge >= 0.3 is 0 Å². The van der Waals surface area contributed by atoms with Gasteiger partial charge < -0.3 is 10.4 Å². The van der Waals surface area contributed by atoms with Crippen molar-refractivity contribution in [2.75, 3.05) is 13.2 Å². The van der Waals surface area contributed by atoms with Crippen molar-refractivity contribution < 1.29 is 14.3 Å². The summed E-state index contributed by atoms with van der Waals surface area (Å²) in [6.45, 7) is 2.79. The van der Waals surface area contributed by atoms with Crippen LogP contribution in [0.2, 0.25) is 0 Å². The molecule has 1 aromatic carbocycles. The third kappa shape index (κ3) is 3.62. The van der Waals surface area contributed by atoms with E-state index in [0.29, 0.717) is 37.3 Å². The average Bonchev–Trinajstić information content (AvgIpc) is 3.27. The van der Waals surface area contributed by atoms with Gasteiger partial charge in [-0.1, -0.05) is 31.5 Å². The number of rotatable bonds is 8. The van der Waals surface area contributed by atoms with Gasteiger partial charge in [0.2, 0.25) is 5.91 Å². The lowest BCUT2D eigenvalue weighted by Gasteiger charge is -2.20. The average molecular weight is 293 g/mol. The summed E-state index contributed by atoms with van der Waals surface area (Å²) in [6.07, 6.45) is 4.11. The SMILES string of the molecule is CCCC(CCO)CNC(=O)C1(c2ccccc2F)CC1. The lowest BCUT2D eigenvalue weighted by molar-refractivity contribution is -0.123. The highest BCUT2D eigenvalue weighted by Crippen LogP contribution is 2.49. The molecule has 4 heteroatoms. The first kappa shape index (κ1) is 16.0. The molecule has 1 unspecified atom stereocenters. The van der Waals surface area contributed by atoms with Crippen molar-refractivity contribution >= 4 is 5.91 Å². The predicted molar refractivity (Wildman–Crippen MR) is 80.4 cm³/mol. The smallest absolute Gasteiger partial charge is 0.230 e. The second kappa shape index (κ2) is 7.03. The van der Waals surface area contributed by atoms with E-state index in [-0.39, 0.29) is 18.3 Å². The Balaban J connectivity index is 1.98. The van der Waals surface area contributed by atoms with Gasteiger partial charge in [0.05, 0.1) is 5.41 Å². The van der Waals surface area contributed by atoms with E-state index < -0.39 is 5.41 Å². The maximum atomic E-state index is 13.9. The van der Waals surface area contributed by atoms with Gasteiger partial charge in [-0.05, 0) is 37.7 Å². The maximum absolute atomic E-state index is 13.9. The monoisotopic (exact) mass is 293 g/mol. The molecule has 2 N–H and O–H groups in total. The molecule has 2 rings (SSSR count). The van der Waals surface area contributed by atoms with Crippen LogP contribution in [0.25, 0.3) is 0 Å². The molecule has 1 amide bonds. The summed E-state index contributed by atoms with van der Waals surface area (Å²) in [5, 5.41) is 12.0. The first-order valence-electron chi connectivity index (χ1n) is 7.78. The summed E-state index contributed by atoms with van der Waals surface area (Å²) in [7, 11) is 0. The van der Waals surface area contributed by atoms with Crippen LogP contribution in [0.15, 0.2) is 24.3 Å². The highest BCUT2D eigenvalue weighted by atomic mass is 19.1. The molecule has 1 atom stereocenters. The number of halogens is 1. The number of hydrogen-bond donors (Lipinski definition) is 2. The van der Waals surface area contributed by atoms with Crippen LogP contribution in [0.1, 0.15) is 44.6 Å². The van der Waals surface area contributed by atoms with Crippen LogP contribution in [-0.4, -0.2) is 24.2 Å². The van der Waals surface area contributed by atoms with Crippen LogP contribution in [0, 0.1) is 11.7 Å². The number of aliphatic hydroxyl groups is 1. The Morgan fingerprint density at radius 3 is 2.67 bits per heavy atom. The number of carbonyl (C=O) groups is 1. The van der Waals surface area contributed by atoms with Gasteiger partial charge in [-0.2, -0.15) is 0 Å². The van der Waals surface area contributed by atoms with Crippen LogP contribution < -0.4 is 5.32 Å². The topological polar surface area (TPSA) is 49.3 Å². The minimum absolute atomic E-state index is 0.0772. The number of amides is 1. The summed E-state index contributed by atoms with van der Waals surface area (Å²) in [5.74, 6) is -0.0855. The zero-order valence-corrected chi connectivity index (χ0v) is 12.6. The minimum Gasteiger partial charge on any atom is -0.396 e. The number of aliphatic hydroxyl groups excluding tert-OH is 1. The predicted octanol–water partition coefficient (Wildman–Crippen LogP) is 2.77. The molecule has 0 aliphatic heterocycles. The van der Waals surface area contributed by atoms with Crippen LogP contribution in [0.3, 0.4) is 0 Å². The fourth-order valence-electron chi connectivity index (χ4n) is 2.94. The molecule has 21 heavy (non-hydrogen) atoms. The third-order valence-corrected chi connectivity index (χ3v) is 4.36. The largest absolute Gasteiger partial charge is 0.396 e. The number of carbonyl (C=O) groups excluding carboxylic acids is 1. The highest BCUT2D eigenvalue weighted by Gasteiger charge is 2.52. The number of benzene rings is 1. The zero-order chi connectivity index (χ0) is 15.3. The fourth-order valence-corrected chi connectivity index (χ4v) is 2.94. The Kier molecular flexibility index (Phi) is 5.34. The molecule has 3 nitrogen and oxygen atoms in total.